The molecule has 2 aliphatic heterocycles. The summed E-state index contributed by atoms with van der Waals surface area (Å²) in [7, 11) is 0. The number of hydrogen-bond donors (Lipinski definition) is 1. The molecule has 0 spiro atoms. The van der Waals surface area contributed by atoms with Gasteiger partial charge in [-0.1, -0.05) is 0 Å². The molecule has 0 aliphatic carbocycles. The summed E-state index contributed by atoms with van der Waals surface area (Å²) < 4.78 is 5.12. The fraction of sp³-hybridized carbons (Fsp3) is 0.900. The summed E-state index contributed by atoms with van der Waals surface area (Å²) in [5.74, 6) is 3.12. The van der Waals surface area contributed by atoms with Crippen molar-refractivity contribution < 1.29 is 9.53 Å². The van der Waals surface area contributed by atoms with Crippen LogP contribution in [0.2, 0.25) is 0 Å². The fourth-order valence-corrected chi connectivity index (χ4v) is 3.29. The van der Waals surface area contributed by atoms with Crippen LogP contribution in [0.1, 0.15) is 12.8 Å². The number of ether oxygens (including phenoxy) is 1. The second-order valence-corrected chi connectivity index (χ2v) is 5.43. The van der Waals surface area contributed by atoms with Gasteiger partial charge in [0.05, 0.1) is 6.54 Å². The smallest absolute Gasteiger partial charge is 0.410 e. The van der Waals surface area contributed by atoms with Crippen LogP contribution in [0.4, 0.5) is 4.79 Å². The molecule has 2 N–H and O–H groups in total. The number of carbonyl (C=O) groups is 1. The molecule has 0 radical (unpaired) electrons. The summed E-state index contributed by atoms with van der Waals surface area (Å²) in [6, 6.07) is 0. The SMILES string of the molecule is NC[C@H]1CN(CC2CCSCC2)C(=O)O1. The highest BCUT2D eigenvalue weighted by Crippen LogP contribution is 2.24. The van der Waals surface area contributed by atoms with E-state index in [1.165, 1.54) is 24.3 Å². The molecule has 2 rings (SSSR count). The van der Waals surface area contributed by atoms with Crippen LogP contribution in [0.25, 0.3) is 0 Å². The largest absolute Gasteiger partial charge is 0.443 e. The lowest BCUT2D eigenvalue weighted by molar-refractivity contribution is 0.132. The van der Waals surface area contributed by atoms with E-state index >= 15 is 0 Å². The summed E-state index contributed by atoms with van der Waals surface area (Å²) in [5.41, 5.74) is 5.48. The third-order valence-electron chi connectivity index (χ3n) is 3.03. The highest BCUT2D eigenvalue weighted by molar-refractivity contribution is 7.99. The second kappa shape index (κ2) is 5.07. The van der Waals surface area contributed by atoms with Crippen LogP contribution in [0, 0.1) is 5.92 Å². The fourth-order valence-electron chi connectivity index (χ4n) is 2.09. The van der Waals surface area contributed by atoms with Crippen molar-refractivity contribution in [2.75, 3.05) is 31.1 Å². The van der Waals surface area contributed by atoms with E-state index in [0.29, 0.717) is 19.0 Å². The number of cyclic esters (lactones) is 1. The zero-order valence-corrected chi connectivity index (χ0v) is 9.67. The van der Waals surface area contributed by atoms with Crippen LogP contribution >= 0.6 is 11.8 Å². The van der Waals surface area contributed by atoms with E-state index in [9.17, 15) is 4.79 Å². The Morgan fingerprint density at radius 1 is 1.47 bits per heavy atom. The Hall–Kier alpha value is -0.420. The Balaban J connectivity index is 1.81. The van der Waals surface area contributed by atoms with Gasteiger partial charge in [0.1, 0.15) is 6.10 Å². The molecule has 2 saturated heterocycles. The van der Waals surface area contributed by atoms with Crippen molar-refractivity contribution in [3.63, 3.8) is 0 Å². The van der Waals surface area contributed by atoms with Gasteiger partial charge in [0.15, 0.2) is 0 Å². The van der Waals surface area contributed by atoms with Crippen molar-refractivity contribution in [2.24, 2.45) is 11.7 Å². The minimum atomic E-state index is -0.177. The van der Waals surface area contributed by atoms with E-state index in [1.807, 2.05) is 16.7 Å². The molecule has 0 unspecified atom stereocenters. The van der Waals surface area contributed by atoms with E-state index in [-0.39, 0.29) is 12.2 Å². The standard InChI is InChI=1S/C10H18N2O2S/c11-5-9-7-12(10(13)14-9)6-8-1-3-15-4-2-8/h8-9H,1-7,11H2/t9-/m0/s1. The van der Waals surface area contributed by atoms with Gasteiger partial charge < -0.3 is 15.4 Å². The maximum Gasteiger partial charge on any atom is 0.410 e. The molecule has 15 heavy (non-hydrogen) atoms. The molecule has 2 fully saturated rings. The van der Waals surface area contributed by atoms with Gasteiger partial charge in [-0.25, -0.2) is 4.79 Å². The van der Waals surface area contributed by atoms with Gasteiger partial charge in [-0.15, -0.1) is 0 Å². The maximum absolute atomic E-state index is 11.5. The Morgan fingerprint density at radius 3 is 2.80 bits per heavy atom. The van der Waals surface area contributed by atoms with Gasteiger partial charge in [0.25, 0.3) is 0 Å². The van der Waals surface area contributed by atoms with Gasteiger partial charge in [-0.3, -0.25) is 0 Å². The van der Waals surface area contributed by atoms with Crippen molar-refractivity contribution >= 4 is 17.9 Å². The molecule has 0 aromatic heterocycles. The average molecular weight is 230 g/mol. The quantitative estimate of drug-likeness (QED) is 0.783. The minimum Gasteiger partial charge on any atom is -0.443 e. The van der Waals surface area contributed by atoms with Gasteiger partial charge >= 0.3 is 6.09 Å². The number of nitrogens with two attached hydrogens (primary N) is 1. The van der Waals surface area contributed by atoms with Crippen LogP contribution in [0.3, 0.4) is 0 Å². The average Bonchev–Trinajstić information content (AvgIpc) is 2.61. The van der Waals surface area contributed by atoms with E-state index in [2.05, 4.69) is 0 Å². The van der Waals surface area contributed by atoms with Crippen molar-refractivity contribution in [1.29, 1.82) is 0 Å². The number of nitrogens with zero attached hydrogens (tertiary/aromatic N) is 1. The highest BCUT2D eigenvalue weighted by Gasteiger charge is 2.31. The van der Waals surface area contributed by atoms with Gasteiger partial charge in [0, 0.05) is 13.1 Å². The lowest BCUT2D eigenvalue weighted by Crippen LogP contribution is -2.33. The zero-order valence-electron chi connectivity index (χ0n) is 8.85. The van der Waals surface area contributed by atoms with Crippen LogP contribution in [-0.2, 0) is 4.74 Å². The number of amides is 1. The van der Waals surface area contributed by atoms with E-state index in [0.717, 1.165) is 6.54 Å². The Kier molecular flexibility index (Phi) is 3.75. The molecule has 0 aromatic rings. The van der Waals surface area contributed by atoms with E-state index < -0.39 is 0 Å². The van der Waals surface area contributed by atoms with Gasteiger partial charge in [0.2, 0.25) is 0 Å². The molecule has 1 amide bonds. The molecule has 5 heteroatoms. The van der Waals surface area contributed by atoms with Crippen LogP contribution in [0.5, 0.6) is 0 Å². The predicted molar refractivity (Wildman–Crippen MR) is 60.9 cm³/mol. The summed E-state index contributed by atoms with van der Waals surface area (Å²) in [6.07, 6.45) is 2.18. The normalized spacial score (nSPS) is 28.2. The molecule has 1 atom stereocenters. The summed E-state index contributed by atoms with van der Waals surface area (Å²) in [6.45, 7) is 1.97. The minimum absolute atomic E-state index is 0.0875. The Bertz CT molecular complexity index is 231. The first-order valence-electron chi connectivity index (χ1n) is 5.53. The second-order valence-electron chi connectivity index (χ2n) is 4.20. The molecule has 0 bridgehead atoms. The van der Waals surface area contributed by atoms with Gasteiger partial charge in [-0.05, 0) is 30.3 Å². The van der Waals surface area contributed by atoms with Crippen molar-refractivity contribution in [1.82, 2.24) is 4.90 Å². The molecule has 4 nitrogen and oxygen atoms in total. The number of carbonyl (C=O) groups excluding carboxylic acids is 1. The number of rotatable bonds is 3. The molecule has 86 valence electrons. The lowest BCUT2D eigenvalue weighted by Gasteiger charge is -2.25. The molecule has 2 aliphatic rings. The Labute approximate surface area is 94.5 Å². The van der Waals surface area contributed by atoms with E-state index in [1.54, 1.807) is 0 Å². The lowest BCUT2D eigenvalue weighted by atomic mass is 10.0. The predicted octanol–water partition coefficient (Wildman–Crippen LogP) is 0.909. The van der Waals surface area contributed by atoms with Gasteiger partial charge in [-0.2, -0.15) is 11.8 Å². The summed E-state index contributed by atoms with van der Waals surface area (Å²) >= 11 is 2.01. The highest BCUT2D eigenvalue weighted by atomic mass is 32.2. The first kappa shape index (κ1) is 11.1. The van der Waals surface area contributed by atoms with Crippen molar-refractivity contribution in [3.05, 3.63) is 0 Å². The third-order valence-corrected chi connectivity index (χ3v) is 4.08. The van der Waals surface area contributed by atoms with E-state index in [4.69, 9.17) is 10.5 Å². The molecular formula is C10H18N2O2S. The summed E-state index contributed by atoms with van der Waals surface area (Å²) in [5, 5.41) is 0. The van der Waals surface area contributed by atoms with Crippen LogP contribution in [0.15, 0.2) is 0 Å². The Morgan fingerprint density at radius 2 is 2.20 bits per heavy atom. The first-order valence-corrected chi connectivity index (χ1v) is 6.68. The number of hydrogen-bond acceptors (Lipinski definition) is 4. The molecule has 2 heterocycles. The number of thioether (sulfide) groups is 1. The van der Waals surface area contributed by atoms with Crippen LogP contribution < -0.4 is 5.73 Å². The topological polar surface area (TPSA) is 55.6 Å². The molecular weight excluding hydrogens is 212 g/mol. The van der Waals surface area contributed by atoms with Crippen molar-refractivity contribution in [2.45, 2.75) is 18.9 Å². The van der Waals surface area contributed by atoms with Crippen molar-refractivity contribution in [3.8, 4) is 0 Å². The molecule has 0 aromatic carbocycles. The zero-order chi connectivity index (χ0) is 10.7. The first-order chi connectivity index (χ1) is 7.29. The summed E-state index contributed by atoms with van der Waals surface area (Å²) in [4.78, 5) is 13.3. The maximum atomic E-state index is 11.5. The molecule has 0 saturated carbocycles. The third kappa shape index (κ3) is 2.78. The monoisotopic (exact) mass is 230 g/mol. The van der Waals surface area contributed by atoms with Crippen LogP contribution in [-0.4, -0.2) is 48.2 Å².